The van der Waals surface area contributed by atoms with Crippen molar-refractivity contribution in [2.75, 3.05) is 40.5 Å². The van der Waals surface area contributed by atoms with E-state index in [1.54, 1.807) is 0 Å². The number of nitrogens with zero attached hydrogens (tertiary/aromatic N) is 1. The summed E-state index contributed by atoms with van der Waals surface area (Å²) in [4.78, 5) is 2.10. The number of rotatable bonds is 7. The molecule has 1 aromatic carbocycles. The summed E-state index contributed by atoms with van der Waals surface area (Å²) in [5, 5.41) is 0. The van der Waals surface area contributed by atoms with E-state index < -0.39 is 0 Å². The third-order valence-electron chi connectivity index (χ3n) is 2.58. The van der Waals surface area contributed by atoms with Crippen molar-refractivity contribution < 1.29 is 9.47 Å². The van der Waals surface area contributed by atoms with Crippen LogP contribution in [0.3, 0.4) is 0 Å². The second kappa shape index (κ2) is 7.77. The van der Waals surface area contributed by atoms with Gasteiger partial charge in [-0.1, -0.05) is 15.9 Å². The van der Waals surface area contributed by atoms with Crippen molar-refractivity contribution in [1.82, 2.24) is 4.90 Å². The van der Waals surface area contributed by atoms with Crippen LogP contribution in [-0.2, 0) is 4.74 Å². The van der Waals surface area contributed by atoms with Crippen LogP contribution in [0.15, 0.2) is 16.6 Å². The smallest absolute Gasteiger partial charge is 0.125 e. The average Bonchev–Trinajstić information content (AvgIpc) is 2.25. The molecular formula is C14H22BrNO2. The number of ether oxygens (including phenoxy) is 2. The fourth-order valence-electron chi connectivity index (χ4n) is 1.68. The van der Waals surface area contributed by atoms with Gasteiger partial charge < -0.3 is 14.4 Å². The van der Waals surface area contributed by atoms with Crippen LogP contribution >= 0.6 is 15.9 Å². The monoisotopic (exact) mass is 315 g/mol. The van der Waals surface area contributed by atoms with Gasteiger partial charge in [-0.2, -0.15) is 0 Å². The van der Waals surface area contributed by atoms with E-state index >= 15 is 0 Å². The molecule has 0 saturated carbocycles. The minimum atomic E-state index is 0.594. The van der Waals surface area contributed by atoms with Gasteiger partial charge in [0.2, 0.25) is 0 Å². The summed E-state index contributed by atoms with van der Waals surface area (Å²) in [5.41, 5.74) is 2.30. The first kappa shape index (κ1) is 15.5. The van der Waals surface area contributed by atoms with E-state index in [0.29, 0.717) is 13.2 Å². The van der Waals surface area contributed by atoms with Crippen LogP contribution in [0, 0.1) is 13.8 Å². The molecule has 4 heteroatoms. The van der Waals surface area contributed by atoms with Gasteiger partial charge in [0.05, 0.1) is 13.2 Å². The highest BCUT2D eigenvalue weighted by Gasteiger charge is 2.05. The van der Waals surface area contributed by atoms with Crippen LogP contribution < -0.4 is 4.74 Å². The number of likely N-dealkylation sites (N-methyl/N-ethyl adjacent to an activating group) is 1. The summed E-state index contributed by atoms with van der Waals surface area (Å²) in [6.45, 7) is 7.02. The lowest BCUT2D eigenvalue weighted by Crippen LogP contribution is -2.19. The number of halogens is 1. The highest BCUT2D eigenvalue weighted by atomic mass is 79.9. The number of hydrogen-bond acceptors (Lipinski definition) is 3. The molecule has 0 aliphatic heterocycles. The molecule has 0 aliphatic rings. The highest BCUT2D eigenvalue weighted by Crippen LogP contribution is 2.27. The van der Waals surface area contributed by atoms with E-state index in [9.17, 15) is 0 Å². The highest BCUT2D eigenvalue weighted by molar-refractivity contribution is 9.10. The molecule has 1 aromatic rings. The van der Waals surface area contributed by atoms with E-state index in [1.807, 2.05) is 14.1 Å². The van der Waals surface area contributed by atoms with Gasteiger partial charge in [-0.05, 0) is 51.2 Å². The molecule has 18 heavy (non-hydrogen) atoms. The van der Waals surface area contributed by atoms with Gasteiger partial charge in [-0.25, -0.2) is 0 Å². The maximum Gasteiger partial charge on any atom is 0.125 e. The average molecular weight is 316 g/mol. The van der Waals surface area contributed by atoms with Gasteiger partial charge in [0.25, 0.3) is 0 Å². The zero-order valence-corrected chi connectivity index (χ0v) is 13.2. The minimum absolute atomic E-state index is 0.594. The topological polar surface area (TPSA) is 21.7 Å². The van der Waals surface area contributed by atoms with Gasteiger partial charge in [0.15, 0.2) is 0 Å². The van der Waals surface area contributed by atoms with E-state index in [0.717, 1.165) is 34.5 Å². The largest absolute Gasteiger partial charge is 0.491 e. The summed E-state index contributed by atoms with van der Waals surface area (Å²) in [7, 11) is 4.07. The fourth-order valence-corrected chi connectivity index (χ4v) is 2.36. The van der Waals surface area contributed by atoms with Crippen molar-refractivity contribution in [2.45, 2.75) is 13.8 Å². The van der Waals surface area contributed by atoms with E-state index in [2.05, 4.69) is 46.8 Å². The Bertz CT molecular complexity index is 357. The summed E-state index contributed by atoms with van der Waals surface area (Å²) >= 11 is 3.48. The Labute approximate surface area is 118 Å². The Morgan fingerprint density at radius 3 is 2.22 bits per heavy atom. The predicted molar refractivity (Wildman–Crippen MR) is 78.5 cm³/mol. The fraction of sp³-hybridized carbons (Fsp3) is 0.571. The van der Waals surface area contributed by atoms with E-state index in [-0.39, 0.29) is 0 Å². The Morgan fingerprint density at radius 1 is 1.06 bits per heavy atom. The van der Waals surface area contributed by atoms with Gasteiger partial charge in [-0.3, -0.25) is 0 Å². The summed E-state index contributed by atoms with van der Waals surface area (Å²) in [5.74, 6) is 0.967. The maximum atomic E-state index is 5.77. The number of benzene rings is 1. The van der Waals surface area contributed by atoms with Gasteiger partial charge in [-0.15, -0.1) is 0 Å². The molecule has 1 rings (SSSR count). The standard InChI is InChI=1S/C14H22BrNO2/c1-11-9-13(15)10-12(2)14(11)18-8-7-17-6-5-16(3)4/h9-10H,5-8H2,1-4H3. The lowest BCUT2D eigenvalue weighted by Gasteiger charge is -2.13. The van der Waals surface area contributed by atoms with Crippen molar-refractivity contribution in [3.05, 3.63) is 27.7 Å². The first-order chi connectivity index (χ1) is 8.50. The third kappa shape index (κ3) is 5.38. The van der Waals surface area contributed by atoms with Crippen LogP contribution in [0.5, 0.6) is 5.75 Å². The Balaban J connectivity index is 2.31. The SMILES string of the molecule is Cc1cc(Br)cc(C)c1OCCOCCN(C)C. The molecule has 0 N–H and O–H groups in total. The predicted octanol–water partition coefficient (Wildman–Crippen LogP) is 3.02. The quantitative estimate of drug-likeness (QED) is 0.722. The van der Waals surface area contributed by atoms with Crippen LogP contribution in [0.1, 0.15) is 11.1 Å². The minimum Gasteiger partial charge on any atom is -0.491 e. The molecule has 102 valence electrons. The lowest BCUT2D eigenvalue weighted by atomic mass is 10.1. The molecule has 0 aromatic heterocycles. The molecule has 0 bridgehead atoms. The Kier molecular flexibility index (Phi) is 6.68. The Hall–Kier alpha value is -0.580. The molecule has 0 heterocycles. The summed E-state index contributed by atoms with van der Waals surface area (Å²) in [6, 6.07) is 4.13. The van der Waals surface area contributed by atoms with Crippen LogP contribution in [-0.4, -0.2) is 45.4 Å². The molecule has 0 amide bonds. The molecule has 0 unspecified atom stereocenters. The molecule has 0 radical (unpaired) electrons. The maximum absolute atomic E-state index is 5.77. The van der Waals surface area contributed by atoms with Crippen LogP contribution in [0.2, 0.25) is 0 Å². The molecule has 0 saturated heterocycles. The second-order valence-electron chi connectivity index (χ2n) is 4.63. The van der Waals surface area contributed by atoms with Crippen molar-refractivity contribution in [3.63, 3.8) is 0 Å². The summed E-state index contributed by atoms with van der Waals surface area (Å²) in [6.07, 6.45) is 0. The lowest BCUT2D eigenvalue weighted by molar-refractivity contribution is 0.0886. The molecular weight excluding hydrogens is 294 g/mol. The van der Waals surface area contributed by atoms with Crippen molar-refractivity contribution in [1.29, 1.82) is 0 Å². The molecule has 0 atom stereocenters. The summed E-state index contributed by atoms with van der Waals surface area (Å²) < 4.78 is 12.4. The van der Waals surface area contributed by atoms with Gasteiger partial charge >= 0.3 is 0 Å². The molecule has 3 nitrogen and oxygen atoms in total. The van der Waals surface area contributed by atoms with Crippen molar-refractivity contribution in [2.24, 2.45) is 0 Å². The first-order valence-electron chi connectivity index (χ1n) is 6.12. The number of aryl methyl sites for hydroxylation is 2. The number of hydrogen-bond donors (Lipinski definition) is 0. The zero-order chi connectivity index (χ0) is 13.5. The molecule has 0 spiro atoms. The van der Waals surface area contributed by atoms with E-state index in [4.69, 9.17) is 9.47 Å². The van der Waals surface area contributed by atoms with Crippen LogP contribution in [0.4, 0.5) is 0 Å². The molecule has 0 fully saturated rings. The van der Waals surface area contributed by atoms with E-state index in [1.165, 1.54) is 0 Å². The van der Waals surface area contributed by atoms with Crippen LogP contribution in [0.25, 0.3) is 0 Å². The van der Waals surface area contributed by atoms with Gasteiger partial charge in [0, 0.05) is 11.0 Å². The van der Waals surface area contributed by atoms with Crippen molar-refractivity contribution >= 4 is 15.9 Å². The third-order valence-corrected chi connectivity index (χ3v) is 3.04. The molecule has 0 aliphatic carbocycles. The normalized spacial score (nSPS) is 11.0. The Morgan fingerprint density at radius 2 is 1.67 bits per heavy atom. The zero-order valence-electron chi connectivity index (χ0n) is 11.6. The van der Waals surface area contributed by atoms with Crippen molar-refractivity contribution in [3.8, 4) is 5.75 Å². The first-order valence-corrected chi connectivity index (χ1v) is 6.92. The van der Waals surface area contributed by atoms with Gasteiger partial charge in [0.1, 0.15) is 12.4 Å². The second-order valence-corrected chi connectivity index (χ2v) is 5.55.